The zero-order valence-corrected chi connectivity index (χ0v) is 19.4. The van der Waals surface area contributed by atoms with Crippen LogP contribution in [-0.2, 0) is 15.7 Å². The first-order valence-electron chi connectivity index (χ1n) is 10.9. The molecule has 34 heavy (non-hydrogen) atoms. The van der Waals surface area contributed by atoms with Gasteiger partial charge in [-0.2, -0.15) is 0 Å². The van der Waals surface area contributed by atoms with Crippen molar-refractivity contribution in [2.45, 2.75) is 24.8 Å². The molecule has 3 aromatic rings. The maximum Gasteiger partial charge on any atom is 0.266 e. The molecule has 0 saturated carbocycles. The Morgan fingerprint density at radius 2 is 1.85 bits per heavy atom. The number of amides is 1. The van der Waals surface area contributed by atoms with Crippen molar-refractivity contribution in [3.05, 3.63) is 77.4 Å². The summed E-state index contributed by atoms with van der Waals surface area (Å²) in [6.45, 7) is 4.71. The third-order valence-electron chi connectivity index (χ3n) is 6.60. The lowest BCUT2D eigenvalue weighted by atomic mass is 9.78. The van der Waals surface area contributed by atoms with Crippen LogP contribution in [0.2, 0.25) is 0 Å². The summed E-state index contributed by atoms with van der Waals surface area (Å²) in [4.78, 5) is 23.8. The number of aliphatic imine (C=N–C) groups is 1. The summed E-state index contributed by atoms with van der Waals surface area (Å²) >= 11 is 0. The molecular formula is C26H25FN4O3. The van der Waals surface area contributed by atoms with Gasteiger partial charge in [0.25, 0.3) is 5.91 Å². The molecule has 3 heterocycles. The average Bonchev–Trinajstić information content (AvgIpc) is 3.27. The third kappa shape index (κ3) is 3.13. The molecular weight excluding hydrogens is 435 g/mol. The standard InChI is InChI=1S/C26H25FN4O3/c1-25(2)14-34-22-8-6-17(11-20(22)25)26(23(32)31(3)24(28)30-26)16-5-7-21(27)19(10-16)15-9-18(33-4)13-29-12-15/h5-13H,14H2,1-4H3,(H2,28,30). The van der Waals surface area contributed by atoms with Crippen LogP contribution >= 0.6 is 0 Å². The minimum Gasteiger partial charge on any atom is -0.495 e. The fourth-order valence-electron chi connectivity index (χ4n) is 4.58. The van der Waals surface area contributed by atoms with E-state index in [-0.39, 0.29) is 22.8 Å². The second kappa shape index (κ2) is 7.55. The molecule has 2 aromatic carbocycles. The highest BCUT2D eigenvalue weighted by Crippen LogP contribution is 2.45. The fraction of sp³-hybridized carbons (Fsp3) is 0.269. The van der Waals surface area contributed by atoms with E-state index in [0.717, 1.165) is 11.3 Å². The van der Waals surface area contributed by atoms with E-state index in [4.69, 9.17) is 15.2 Å². The molecule has 7 nitrogen and oxygen atoms in total. The number of nitrogens with zero attached hydrogens (tertiary/aromatic N) is 3. The number of hydrogen-bond donors (Lipinski definition) is 1. The highest BCUT2D eigenvalue weighted by Gasteiger charge is 2.50. The van der Waals surface area contributed by atoms with Crippen LogP contribution in [-0.4, -0.2) is 42.5 Å². The van der Waals surface area contributed by atoms with E-state index in [1.165, 1.54) is 18.1 Å². The number of fused-ring (bicyclic) bond motifs is 1. The zero-order chi connectivity index (χ0) is 24.3. The van der Waals surface area contributed by atoms with Crippen molar-refractivity contribution >= 4 is 11.9 Å². The lowest BCUT2D eigenvalue weighted by molar-refractivity contribution is -0.129. The van der Waals surface area contributed by atoms with E-state index in [1.54, 1.807) is 37.6 Å². The van der Waals surface area contributed by atoms with Gasteiger partial charge < -0.3 is 15.2 Å². The molecule has 0 fully saturated rings. The molecule has 0 spiro atoms. The van der Waals surface area contributed by atoms with Crippen molar-refractivity contribution in [3.63, 3.8) is 0 Å². The molecule has 1 amide bonds. The van der Waals surface area contributed by atoms with Crippen LogP contribution in [0.5, 0.6) is 11.5 Å². The number of carbonyl (C=O) groups is 1. The predicted molar refractivity (Wildman–Crippen MR) is 126 cm³/mol. The molecule has 0 aliphatic carbocycles. The Bertz CT molecular complexity index is 1350. The van der Waals surface area contributed by atoms with E-state index in [9.17, 15) is 9.18 Å². The summed E-state index contributed by atoms with van der Waals surface area (Å²) < 4.78 is 26.1. The smallest absolute Gasteiger partial charge is 0.266 e. The van der Waals surface area contributed by atoms with Gasteiger partial charge in [-0.25, -0.2) is 9.38 Å². The first kappa shape index (κ1) is 21.9. The van der Waals surface area contributed by atoms with Gasteiger partial charge in [-0.1, -0.05) is 26.0 Å². The Balaban J connectivity index is 1.74. The number of ether oxygens (including phenoxy) is 2. The van der Waals surface area contributed by atoms with Gasteiger partial charge in [0.2, 0.25) is 0 Å². The third-order valence-corrected chi connectivity index (χ3v) is 6.60. The van der Waals surface area contributed by atoms with Crippen molar-refractivity contribution in [2.75, 3.05) is 20.8 Å². The van der Waals surface area contributed by atoms with Gasteiger partial charge in [0.05, 0.1) is 19.9 Å². The Labute approximate surface area is 197 Å². The molecule has 2 aliphatic rings. The van der Waals surface area contributed by atoms with Crippen molar-refractivity contribution in [1.29, 1.82) is 0 Å². The second-order valence-corrected chi connectivity index (χ2v) is 9.24. The van der Waals surface area contributed by atoms with Gasteiger partial charge in [-0.3, -0.25) is 14.7 Å². The SMILES string of the molecule is COc1cncc(-c2cc(C3(c4ccc5c(c4)C(C)(C)CO5)N=C(N)N(C)C3=O)ccc2F)c1. The predicted octanol–water partition coefficient (Wildman–Crippen LogP) is 3.60. The summed E-state index contributed by atoms with van der Waals surface area (Å²) in [5.74, 6) is 0.602. The van der Waals surface area contributed by atoms with Crippen LogP contribution in [0.3, 0.4) is 0 Å². The Hall–Kier alpha value is -3.94. The van der Waals surface area contributed by atoms with Crippen LogP contribution in [0.1, 0.15) is 30.5 Å². The number of nitrogens with two attached hydrogens (primary N) is 1. The van der Waals surface area contributed by atoms with Gasteiger partial charge in [0.15, 0.2) is 11.5 Å². The largest absolute Gasteiger partial charge is 0.495 e. The van der Waals surface area contributed by atoms with Gasteiger partial charge in [0, 0.05) is 35.3 Å². The number of methoxy groups -OCH3 is 1. The average molecular weight is 461 g/mol. The van der Waals surface area contributed by atoms with E-state index in [2.05, 4.69) is 23.8 Å². The molecule has 0 radical (unpaired) electrons. The van der Waals surface area contributed by atoms with Crippen LogP contribution in [0.15, 0.2) is 59.9 Å². The van der Waals surface area contributed by atoms with Crippen molar-refractivity contribution in [1.82, 2.24) is 9.88 Å². The quantitative estimate of drug-likeness (QED) is 0.643. The number of guanidine groups is 1. The molecule has 2 aliphatic heterocycles. The zero-order valence-electron chi connectivity index (χ0n) is 19.4. The molecule has 1 aromatic heterocycles. The fourth-order valence-corrected chi connectivity index (χ4v) is 4.58. The van der Waals surface area contributed by atoms with Crippen molar-refractivity contribution in [3.8, 4) is 22.6 Å². The molecule has 8 heteroatoms. The number of aromatic nitrogens is 1. The highest BCUT2D eigenvalue weighted by molar-refractivity contribution is 6.09. The van der Waals surface area contributed by atoms with Crippen LogP contribution < -0.4 is 15.2 Å². The van der Waals surface area contributed by atoms with Gasteiger partial charge in [-0.05, 0) is 41.5 Å². The van der Waals surface area contributed by atoms with E-state index in [0.29, 0.717) is 29.0 Å². The number of pyridine rings is 1. The van der Waals surface area contributed by atoms with Gasteiger partial charge in [0.1, 0.15) is 17.3 Å². The summed E-state index contributed by atoms with van der Waals surface area (Å²) in [7, 11) is 3.10. The van der Waals surface area contributed by atoms with Gasteiger partial charge >= 0.3 is 0 Å². The number of benzene rings is 2. The van der Waals surface area contributed by atoms with Gasteiger partial charge in [-0.15, -0.1) is 0 Å². The van der Waals surface area contributed by atoms with Crippen molar-refractivity contribution in [2.24, 2.45) is 10.7 Å². The monoisotopic (exact) mass is 460 g/mol. The number of halogens is 1. The summed E-state index contributed by atoms with van der Waals surface area (Å²) in [6.07, 6.45) is 3.09. The molecule has 2 N–H and O–H groups in total. The minimum atomic E-state index is -1.46. The van der Waals surface area contributed by atoms with E-state index >= 15 is 0 Å². The molecule has 0 bridgehead atoms. The topological polar surface area (TPSA) is 90.0 Å². The van der Waals surface area contributed by atoms with Crippen molar-refractivity contribution < 1.29 is 18.7 Å². The molecule has 5 rings (SSSR count). The van der Waals surface area contributed by atoms with E-state index in [1.807, 2.05) is 18.2 Å². The number of likely N-dealkylation sites (N-methyl/N-ethyl adjacent to an activating group) is 1. The molecule has 1 atom stereocenters. The number of hydrogen-bond acceptors (Lipinski definition) is 6. The number of rotatable bonds is 4. The second-order valence-electron chi connectivity index (χ2n) is 9.24. The lowest BCUT2D eigenvalue weighted by Crippen LogP contribution is -2.41. The maximum atomic E-state index is 15.0. The van der Waals surface area contributed by atoms with E-state index < -0.39 is 11.4 Å². The lowest BCUT2D eigenvalue weighted by Gasteiger charge is -2.28. The Kier molecular flexibility index (Phi) is 4.86. The van der Waals surface area contributed by atoms with Crippen LogP contribution in [0.25, 0.3) is 11.1 Å². The summed E-state index contributed by atoms with van der Waals surface area (Å²) in [5, 5.41) is 0. The summed E-state index contributed by atoms with van der Waals surface area (Å²) in [5.41, 5.74) is 7.38. The highest BCUT2D eigenvalue weighted by atomic mass is 19.1. The molecule has 174 valence electrons. The Morgan fingerprint density at radius 3 is 2.56 bits per heavy atom. The van der Waals surface area contributed by atoms with Crippen LogP contribution in [0, 0.1) is 5.82 Å². The molecule has 1 unspecified atom stereocenters. The first-order valence-corrected chi connectivity index (χ1v) is 10.9. The molecule has 0 saturated heterocycles. The minimum absolute atomic E-state index is 0.0925. The normalized spacial score (nSPS) is 20.7. The first-order chi connectivity index (χ1) is 16.2. The number of carbonyl (C=O) groups excluding carboxylic acids is 1. The van der Waals surface area contributed by atoms with Crippen LogP contribution in [0.4, 0.5) is 4.39 Å². The maximum absolute atomic E-state index is 15.0. The Morgan fingerprint density at radius 1 is 1.12 bits per heavy atom. The summed E-state index contributed by atoms with van der Waals surface area (Å²) in [6, 6.07) is 11.9.